The second-order valence-electron chi connectivity index (χ2n) is 4.90. The predicted octanol–water partition coefficient (Wildman–Crippen LogP) is 4.39. The summed E-state index contributed by atoms with van der Waals surface area (Å²) in [6, 6.07) is 12.9. The van der Waals surface area contributed by atoms with Gasteiger partial charge in [0.15, 0.2) is 0 Å². The van der Waals surface area contributed by atoms with Crippen molar-refractivity contribution in [3.05, 3.63) is 63.6 Å². The molecular formula is C16H14Cl2N2OS. The Hall–Kier alpha value is -1.36. The van der Waals surface area contributed by atoms with Crippen LogP contribution in [-0.4, -0.2) is 18.2 Å². The molecule has 6 heteroatoms. The van der Waals surface area contributed by atoms with Crippen LogP contribution in [0.15, 0.2) is 42.5 Å². The van der Waals surface area contributed by atoms with Crippen molar-refractivity contribution in [2.24, 2.45) is 0 Å². The van der Waals surface area contributed by atoms with Crippen molar-refractivity contribution in [1.29, 1.82) is 0 Å². The highest BCUT2D eigenvalue weighted by Gasteiger charge is 2.16. The van der Waals surface area contributed by atoms with Gasteiger partial charge < -0.3 is 9.62 Å². The number of carbonyl (C=O) groups excluding carboxylic acids is 1. The second-order valence-corrected chi connectivity index (χ2v) is 6.85. The maximum atomic E-state index is 12.2. The molecule has 114 valence electrons. The van der Waals surface area contributed by atoms with E-state index >= 15 is 0 Å². The molecule has 2 aromatic carbocycles. The van der Waals surface area contributed by atoms with E-state index in [0.29, 0.717) is 22.2 Å². The molecule has 1 fully saturated rings. The standard InChI is InChI=1S/C16H14Cl2N2OS/c17-13-4-1-12(15(18)9-13)10-19-16(21)11-2-5-14(6-3-11)20-7-8-22-20/h1-6,9H,7-8,10H2,(H,19,21). The summed E-state index contributed by atoms with van der Waals surface area (Å²) in [6.45, 7) is 1.43. The Kier molecular flexibility index (Phi) is 4.81. The molecule has 1 amide bonds. The number of hydrogen-bond acceptors (Lipinski definition) is 3. The first-order valence-corrected chi connectivity index (χ1v) is 8.56. The molecule has 0 bridgehead atoms. The number of benzene rings is 2. The molecule has 1 heterocycles. The smallest absolute Gasteiger partial charge is 0.251 e. The van der Waals surface area contributed by atoms with Gasteiger partial charge >= 0.3 is 0 Å². The largest absolute Gasteiger partial charge is 0.348 e. The summed E-state index contributed by atoms with van der Waals surface area (Å²) in [5, 5.41) is 4.00. The van der Waals surface area contributed by atoms with Gasteiger partial charge in [-0.25, -0.2) is 0 Å². The van der Waals surface area contributed by atoms with Crippen LogP contribution in [0.25, 0.3) is 0 Å². The van der Waals surface area contributed by atoms with E-state index in [2.05, 4.69) is 9.62 Å². The van der Waals surface area contributed by atoms with Gasteiger partial charge in [-0.1, -0.05) is 29.3 Å². The number of anilines is 1. The minimum atomic E-state index is -0.117. The Morgan fingerprint density at radius 3 is 2.50 bits per heavy atom. The van der Waals surface area contributed by atoms with Gasteiger partial charge in [-0.15, -0.1) is 0 Å². The molecule has 0 radical (unpaired) electrons. The fourth-order valence-electron chi connectivity index (χ4n) is 2.11. The highest BCUT2D eigenvalue weighted by Crippen LogP contribution is 2.29. The molecule has 0 spiro atoms. The topological polar surface area (TPSA) is 32.3 Å². The van der Waals surface area contributed by atoms with Crippen molar-refractivity contribution in [3.63, 3.8) is 0 Å². The molecule has 3 rings (SSSR count). The molecule has 0 aromatic heterocycles. The summed E-state index contributed by atoms with van der Waals surface area (Å²) in [5.74, 6) is 1.04. The summed E-state index contributed by atoms with van der Waals surface area (Å²) < 4.78 is 2.20. The molecule has 2 aromatic rings. The maximum Gasteiger partial charge on any atom is 0.251 e. The van der Waals surface area contributed by atoms with E-state index in [4.69, 9.17) is 23.2 Å². The fraction of sp³-hybridized carbons (Fsp3) is 0.188. The zero-order chi connectivity index (χ0) is 15.5. The molecule has 0 atom stereocenters. The lowest BCUT2D eigenvalue weighted by atomic mass is 10.1. The van der Waals surface area contributed by atoms with Crippen LogP contribution in [-0.2, 0) is 6.54 Å². The van der Waals surface area contributed by atoms with Crippen molar-refractivity contribution in [2.75, 3.05) is 16.6 Å². The first kappa shape index (κ1) is 15.5. The molecular weight excluding hydrogens is 339 g/mol. The molecule has 1 aliphatic heterocycles. The Morgan fingerprint density at radius 2 is 1.91 bits per heavy atom. The molecule has 1 aliphatic rings. The van der Waals surface area contributed by atoms with Gasteiger partial charge in [0.2, 0.25) is 0 Å². The molecule has 3 nitrogen and oxygen atoms in total. The SMILES string of the molecule is O=C(NCc1ccc(Cl)cc1Cl)c1ccc(N2CCS2)cc1. The monoisotopic (exact) mass is 352 g/mol. The van der Waals surface area contributed by atoms with E-state index < -0.39 is 0 Å². The van der Waals surface area contributed by atoms with Crippen molar-refractivity contribution in [2.45, 2.75) is 6.54 Å². The zero-order valence-electron chi connectivity index (χ0n) is 11.7. The van der Waals surface area contributed by atoms with Crippen molar-refractivity contribution in [1.82, 2.24) is 5.32 Å². The first-order chi connectivity index (χ1) is 10.6. The lowest BCUT2D eigenvalue weighted by molar-refractivity contribution is 0.0951. The summed E-state index contributed by atoms with van der Waals surface area (Å²) in [5.41, 5.74) is 2.61. The highest BCUT2D eigenvalue weighted by molar-refractivity contribution is 8.02. The average molecular weight is 353 g/mol. The molecule has 1 saturated heterocycles. The Bertz CT molecular complexity index is 687. The average Bonchev–Trinajstić information content (AvgIpc) is 2.45. The van der Waals surface area contributed by atoms with Crippen LogP contribution in [0, 0.1) is 0 Å². The number of hydrogen-bond donors (Lipinski definition) is 1. The van der Waals surface area contributed by atoms with Crippen molar-refractivity contribution >= 4 is 46.7 Å². The van der Waals surface area contributed by atoms with Crippen LogP contribution in [0.2, 0.25) is 10.0 Å². The van der Waals surface area contributed by atoms with Gasteiger partial charge in [-0.3, -0.25) is 4.79 Å². The van der Waals surface area contributed by atoms with Crippen LogP contribution < -0.4 is 9.62 Å². The maximum absolute atomic E-state index is 12.2. The van der Waals surface area contributed by atoms with Crippen LogP contribution in [0.3, 0.4) is 0 Å². The van der Waals surface area contributed by atoms with E-state index in [9.17, 15) is 4.79 Å². The number of nitrogens with one attached hydrogen (secondary N) is 1. The van der Waals surface area contributed by atoms with Gasteiger partial charge in [-0.05, 0) is 53.9 Å². The third-order valence-corrected chi connectivity index (χ3v) is 5.07. The lowest BCUT2D eigenvalue weighted by Gasteiger charge is -2.31. The number of carbonyl (C=O) groups is 1. The Balaban J connectivity index is 1.61. The molecule has 22 heavy (non-hydrogen) atoms. The van der Waals surface area contributed by atoms with Crippen LogP contribution in [0.1, 0.15) is 15.9 Å². The van der Waals surface area contributed by atoms with E-state index in [0.717, 1.165) is 23.5 Å². The minimum Gasteiger partial charge on any atom is -0.348 e. The van der Waals surface area contributed by atoms with Gasteiger partial charge in [-0.2, -0.15) is 0 Å². The summed E-state index contributed by atoms with van der Waals surface area (Å²) >= 11 is 13.7. The number of amides is 1. The predicted molar refractivity (Wildman–Crippen MR) is 93.9 cm³/mol. The molecule has 0 aliphatic carbocycles. The van der Waals surface area contributed by atoms with Crippen molar-refractivity contribution < 1.29 is 4.79 Å². The summed E-state index contributed by atoms with van der Waals surface area (Å²) in [7, 11) is 0. The van der Waals surface area contributed by atoms with Crippen LogP contribution in [0.4, 0.5) is 5.69 Å². The minimum absolute atomic E-state index is 0.117. The van der Waals surface area contributed by atoms with E-state index in [1.54, 1.807) is 24.1 Å². The fourth-order valence-corrected chi connectivity index (χ4v) is 3.22. The van der Waals surface area contributed by atoms with Gasteiger partial charge in [0.25, 0.3) is 5.91 Å². The highest BCUT2D eigenvalue weighted by atomic mass is 35.5. The molecule has 0 unspecified atom stereocenters. The first-order valence-electron chi connectivity index (χ1n) is 6.86. The number of halogens is 2. The van der Waals surface area contributed by atoms with Gasteiger partial charge in [0.1, 0.15) is 0 Å². The third kappa shape index (κ3) is 3.51. The number of rotatable bonds is 4. The van der Waals surface area contributed by atoms with E-state index in [1.807, 2.05) is 30.3 Å². The lowest BCUT2D eigenvalue weighted by Crippen LogP contribution is -2.29. The Labute approximate surface area is 143 Å². The normalized spacial score (nSPS) is 13.6. The summed E-state index contributed by atoms with van der Waals surface area (Å²) in [4.78, 5) is 12.2. The molecule has 1 N–H and O–H groups in total. The van der Waals surface area contributed by atoms with Crippen LogP contribution >= 0.6 is 35.1 Å². The molecule has 0 saturated carbocycles. The van der Waals surface area contributed by atoms with E-state index in [1.165, 1.54) is 0 Å². The van der Waals surface area contributed by atoms with Gasteiger partial charge in [0, 0.05) is 40.1 Å². The van der Waals surface area contributed by atoms with E-state index in [-0.39, 0.29) is 5.91 Å². The zero-order valence-corrected chi connectivity index (χ0v) is 14.0. The van der Waals surface area contributed by atoms with Gasteiger partial charge in [0.05, 0.1) is 0 Å². The van der Waals surface area contributed by atoms with Crippen molar-refractivity contribution in [3.8, 4) is 0 Å². The number of nitrogens with zero attached hydrogens (tertiary/aromatic N) is 1. The summed E-state index contributed by atoms with van der Waals surface area (Å²) in [6.07, 6.45) is 0. The second kappa shape index (κ2) is 6.82. The van der Waals surface area contributed by atoms with Crippen LogP contribution in [0.5, 0.6) is 0 Å². The Morgan fingerprint density at radius 1 is 1.18 bits per heavy atom. The quantitative estimate of drug-likeness (QED) is 0.828. The third-order valence-electron chi connectivity index (χ3n) is 3.41.